The lowest BCUT2D eigenvalue weighted by atomic mass is 10.1. The van der Waals surface area contributed by atoms with E-state index in [0.29, 0.717) is 10.9 Å². The van der Waals surface area contributed by atoms with Gasteiger partial charge in [-0.05, 0) is 19.9 Å². The van der Waals surface area contributed by atoms with Crippen LogP contribution in [0.15, 0.2) is 30.5 Å². The third-order valence-electron chi connectivity index (χ3n) is 2.99. The molecule has 0 aliphatic carbocycles. The first-order valence-electron chi connectivity index (χ1n) is 6.95. The van der Waals surface area contributed by atoms with Gasteiger partial charge in [-0.1, -0.05) is 22.9 Å². The zero-order valence-electron chi connectivity index (χ0n) is 13.1. The Labute approximate surface area is 125 Å². The van der Waals surface area contributed by atoms with Gasteiger partial charge in [-0.2, -0.15) is 0 Å². The molecule has 0 aliphatic rings. The standard InChI is InChI=1S/C15H21N2O3P/c1-11(2)20-21(18,19)14-10-17(15(3,4)5)16-13-9-7-6-8-12(13)14/h6-11H,1-5H3/p+1. The monoisotopic (exact) mass is 309 g/mol. The van der Waals surface area contributed by atoms with E-state index in [1.54, 1.807) is 30.8 Å². The summed E-state index contributed by atoms with van der Waals surface area (Å²) in [5.74, 6) is 0. The van der Waals surface area contributed by atoms with Crippen molar-refractivity contribution in [2.75, 3.05) is 0 Å². The van der Waals surface area contributed by atoms with Gasteiger partial charge in [0.05, 0.1) is 6.10 Å². The maximum absolute atomic E-state index is 12.6. The Morgan fingerprint density at radius 2 is 1.90 bits per heavy atom. The zero-order chi connectivity index (χ0) is 15.8. The Kier molecular flexibility index (Phi) is 4.20. The molecule has 2 aromatic rings. The second-order valence-corrected chi connectivity index (χ2v) is 8.05. The number of benzene rings is 1. The fraction of sp³-hybridized carbons (Fsp3) is 0.467. The first-order valence-corrected chi connectivity index (χ1v) is 8.53. The van der Waals surface area contributed by atoms with Gasteiger partial charge in [-0.15, -0.1) is 0 Å². The van der Waals surface area contributed by atoms with E-state index < -0.39 is 7.60 Å². The molecule has 0 aliphatic heterocycles. The van der Waals surface area contributed by atoms with Crippen molar-refractivity contribution in [1.82, 2.24) is 5.10 Å². The Morgan fingerprint density at radius 3 is 2.48 bits per heavy atom. The minimum atomic E-state index is -3.90. The zero-order valence-corrected chi connectivity index (χ0v) is 14.0. The van der Waals surface area contributed by atoms with Gasteiger partial charge in [-0.3, -0.25) is 4.57 Å². The molecule has 0 fully saturated rings. The van der Waals surface area contributed by atoms with Crippen LogP contribution in [0.25, 0.3) is 10.9 Å². The molecule has 1 N–H and O–H groups in total. The van der Waals surface area contributed by atoms with Gasteiger partial charge in [0.25, 0.3) is 0 Å². The maximum atomic E-state index is 12.6. The summed E-state index contributed by atoms with van der Waals surface area (Å²) in [5, 5.41) is 5.46. The van der Waals surface area contributed by atoms with E-state index in [-0.39, 0.29) is 16.9 Å². The van der Waals surface area contributed by atoms with Crippen LogP contribution in [0.4, 0.5) is 0 Å². The van der Waals surface area contributed by atoms with E-state index in [1.165, 1.54) is 0 Å². The quantitative estimate of drug-likeness (QED) is 0.699. The molecule has 0 amide bonds. The summed E-state index contributed by atoms with van der Waals surface area (Å²) in [6.07, 6.45) is 1.28. The SMILES string of the molecule is CC(C)OP(=O)(O)c1c[n+](C(C)(C)C)nc2ccccc12. The van der Waals surface area contributed by atoms with E-state index in [1.807, 2.05) is 39.0 Å². The lowest BCUT2D eigenvalue weighted by Crippen LogP contribution is -2.54. The second kappa shape index (κ2) is 5.48. The molecular formula is C15H22N2O3P+. The smallest absolute Gasteiger partial charge is 0.321 e. The predicted molar refractivity (Wildman–Crippen MR) is 82.6 cm³/mol. The van der Waals surface area contributed by atoms with Crippen LogP contribution < -0.4 is 9.99 Å². The van der Waals surface area contributed by atoms with Crippen LogP contribution in [0.2, 0.25) is 0 Å². The maximum Gasteiger partial charge on any atom is 0.365 e. The third kappa shape index (κ3) is 3.49. The Hall–Kier alpha value is -1.29. The molecule has 0 saturated carbocycles. The Morgan fingerprint density at radius 1 is 1.29 bits per heavy atom. The summed E-state index contributed by atoms with van der Waals surface area (Å²) in [6, 6.07) is 7.30. The molecule has 0 bridgehead atoms. The summed E-state index contributed by atoms with van der Waals surface area (Å²) in [4.78, 5) is 10.3. The number of fused-ring (bicyclic) bond motifs is 1. The van der Waals surface area contributed by atoms with E-state index in [2.05, 4.69) is 5.10 Å². The minimum absolute atomic E-state index is 0.289. The fourth-order valence-corrected chi connectivity index (χ4v) is 3.45. The number of aromatic nitrogens is 2. The first-order chi connectivity index (χ1) is 9.61. The van der Waals surface area contributed by atoms with Crippen molar-refractivity contribution in [1.29, 1.82) is 0 Å². The van der Waals surface area contributed by atoms with Crippen LogP contribution in [0, 0.1) is 0 Å². The van der Waals surface area contributed by atoms with Gasteiger partial charge >= 0.3 is 7.60 Å². The van der Waals surface area contributed by atoms with Crippen LogP contribution in [-0.4, -0.2) is 16.1 Å². The Bertz CT molecular complexity index is 708. The molecule has 1 aromatic carbocycles. The molecule has 114 valence electrons. The molecule has 0 spiro atoms. The second-order valence-electron chi connectivity index (χ2n) is 6.32. The first kappa shape index (κ1) is 16.1. The predicted octanol–water partition coefficient (Wildman–Crippen LogP) is 2.51. The average Bonchev–Trinajstić information content (AvgIpc) is 2.34. The molecule has 6 heteroatoms. The molecule has 1 heterocycles. The van der Waals surface area contributed by atoms with E-state index in [0.717, 1.165) is 0 Å². The lowest BCUT2D eigenvalue weighted by Gasteiger charge is -2.17. The molecule has 0 saturated heterocycles. The number of rotatable bonds is 3. The summed E-state index contributed by atoms with van der Waals surface area (Å²) in [5.41, 5.74) is 0.378. The molecule has 2 rings (SSSR count). The van der Waals surface area contributed by atoms with Gasteiger partial charge in [0.2, 0.25) is 6.20 Å². The summed E-state index contributed by atoms with van der Waals surface area (Å²) >= 11 is 0. The average molecular weight is 309 g/mol. The molecule has 1 aromatic heterocycles. The largest absolute Gasteiger partial charge is 0.365 e. The van der Waals surface area contributed by atoms with Gasteiger partial charge in [0.1, 0.15) is 10.8 Å². The summed E-state index contributed by atoms with van der Waals surface area (Å²) < 4.78 is 19.6. The van der Waals surface area contributed by atoms with Crippen LogP contribution >= 0.6 is 7.60 Å². The third-order valence-corrected chi connectivity index (χ3v) is 4.66. The number of nitrogens with zero attached hydrogens (tertiary/aromatic N) is 2. The van der Waals surface area contributed by atoms with E-state index in [9.17, 15) is 9.46 Å². The molecule has 21 heavy (non-hydrogen) atoms. The number of hydrogen-bond acceptors (Lipinski definition) is 3. The van der Waals surface area contributed by atoms with Gasteiger partial charge in [0, 0.05) is 31.3 Å². The Balaban J connectivity index is 2.74. The van der Waals surface area contributed by atoms with E-state index >= 15 is 0 Å². The van der Waals surface area contributed by atoms with Crippen LogP contribution in [-0.2, 0) is 14.6 Å². The molecule has 5 nitrogen and oxygen atoms in total. The highest BCUT2D eigenvalue weighted by Crippen LogP contribution is 2.43. The molecule has 1 unspecified atom stereocenters. The van der Waals surface area contributed by atoms with Crippen LogP contribution in [0.3, 0.4) is 0 Å². The highest BCUT2D eigenvalue weighted by molar-refractivity contribution is 7.61. The van der Waals surface area contributed by atoms with Crippen LogP contribution in [0.5, 0.6) is 0 Å². The van der Waals surface area contributed by atoms with Crippen molar-refractivity contribution in [3.8, 4) is 0 Å². The fourth-order valence-electron chi connectivity index (χ4n) is 2.02. The minimum Gasteiger partial charge on any atom is -0.321 e. The van der Waals surface area contributed by atoms with Crippen molar-refractivity contribution in [2.24, 2.45) is 0 Å². The topological polar surface area (TPSA) is 63.3 Å². The van der Waals surface area contributed by atoms with Gasteiger partial charge in [0.15, 0.2) is 5.54 Å². The van der Waals surface area contributed by atoms with E-state index in [4.69, 9.17) is 4.52 Å². The van der Waals surface area contributed by atoms with Crippen LogP contribution in [0.1, 0.15) is 34.6 Å². The molecule has 1 atom stereocenters. The van der Waals surface area contributed by atoms with Crippen molar-refractivity contribution < 1.29 is 18.7 Å². The van der Waals surface area contributed by atoms with Gasteiger partial charge < -0.3 is 9.42 Å². The summed E-state index contributed by atoms with van der Waals surface area (Å²) in [7, 11) is -3.90. The highest BCUT2D eigenvalue weighted by atomic mass is 31.2. The highest BCUT2D eigenvalue weighted by Gasteiger charge is 2.34. The van der Waals surface area contributed by atoms with Crippen molar-refractivity contribution in [3.05, 3.63) is 30.5 Å². The van der Waals surface area contributed by atoms with Crippen molar-refractivity contribution >= 4 is 23.8 Å². The van der Waals surface area contributed by atoms with Gasteiger partial charge in [-0.25, -0.2) is 0 Å². The molecular weight excluding hydrogens is 287 g/mol. The molecule has 0 radical (unpaired) electrons. The number of hydrogen-bond donors (Lipinski definition) is 1. The normalized spacial score (nSPS) is 15.4. The summed E-state index contributed by atoms with van der Waals surface area (Å²) in [6.45, 7) is 9.45. The lowest BCUT2D eigenvalue weighted by molar-refractivity contribution is -0.803. The van der Waals surface area contributed by atoms with Crippen molar-refractivity contribution in [3.63, 3.8) is 0 Å². The van der Waals surface area contributed by atoms with Crippen molar-refractivity contribution in [2.45, 2.75) is 46.3 Å².